The largest absolute Gasteiger partial charge is 0.104 e. The van der Waals surface area contributed by atoms with Crippen LogP contribution in [-0.2, 0) is 0 Å². The molecule has 0 unspecified atom stereocenters. The summed E-state index contributed by atoms with van der Waals surface area (Å²) in [6, 6.07) is 0. The molecule has 0 aliphatic rings. The standard InChI is InChI=1S/C6H10S/c1-4-6(3)7-5-2/h4-5H,2H2,1,3H3/b6-4-. The Balaban J connectivity index is 3.36. The van der Waals surface area contributed by atoms with Crippen LogP contribution in [0, 0.1) is 0 Å². The second-order valence-electron chi connectivity index (χ2n) is 1.18. The van der Waals surface area contributed by atoms with E-state index >= 15 is 0 Å². The van der Waals surface area contributed by atoms with E-state index in [1.54, 1.807) is 11.8 Å². The lowest BCUT2D eigenvalue weighted by Crippen LogP contribution is -1.55. The van der Waals surface area contributed by atoms with Gasteiger partial charge in [0, 0.05) is 0 Å². The first kappa shape index (κ1) is 6.83. The molecule has 0 aliphatic carbocycles. The van der Waals surface area contributed by atoms with Crippen molar-refractivity contribution in [2.45, 2.75) is 13.8 Å². The fraction of sp³-hybridized carbons (Fsp3) is 0.333. The van der Waals surface area contributed by atoms with Gasteiger partial charge in [0.2, 0.25) is 0 Å². The molecule has 0 N–H and O–H groups in total. The van der Waals surface area contributed by atoms with Crippen molar-refractivity contribution in [2.75, 3.05) is 0 Å². The quantitative estimate of drug-likeness (QED) is 0.532. The average molecular weight is 114 g/mol. The van der Waals surface area contributed by atoms with Gasteiger partial charge in [-0.3, -0.25) is 0 Å². The molecule has 0 aromatic carbocycles. The predicted octanol–water partition coefficient (Wildman–Crippen LogP) is 2.79. The van der Waals surface area contributed by atoms with Crippen LogP contribution in [0.2, 0.25) is 0 Å². The summed E-state index contributed by atoms with van der Waals surface area (Å²) in [7, 11) is 0. The van der Waals surface area contributed by atoms with Crippen molar-refractivity contribution < 1.29 is 0 Å². The van der Waals surface area contributed by atoms with Crippen molar-refractivity contribution in [3.63, 3.8) is 0 Å². The molecule has 0 saturated carbocycles. The molecule has 0 nitrogen and oxygen atoms in total. The normalized spacial score (nSPS) is 11.4. The Hall–Kier alpha value is -0.170. The van der Waals surface area contributed by atoms with Crippen LogP contribution >= 0.6 is 11.8 Å². The van der Waals surface area contributed by atoms with Gasteiger partial charge in [0.05, 0.1) is 0 Å². The number of hydrogen-bond acceptors (Lipinski definition) is 1. The average Bonchev–Trinajstić information content (AvgIpc) is 1.68. The Bertz CT molecular complexity index is 82.2. The van der Waals surface area contributed by atoms with E-state index in [0.717, 1.165) is 0 Å². The predicted molar refractivity (Wildman–Crippen MR) is 37.2 cm³/mol. The Kier molecular flexibility index (Phi) is 3.90. The number of hydrogen-bond donors (Lipinski definition) is 0. The van der Waals surface area contributed by atoms with E-state index in [1.807, 2.05) is 12.3 Å². The minimum atomic E-state index is 1.30. The zero-order chi connectivity index (χ0) is 5.70. The Morgan fingerprint density at radius 1 is 1.71 bits per heavy atom. The monoisotopic (exact) mass is 114 g/mol. The van der Waals surface area contributed by atoms with Gasteiger partial charge in [-0.25, -0.2) is 0 Å². The van der Waals surface area contributed by atoms with Crippen LogP contribution in [0.25, 0.3) is 0 Å². The molecule has 0 fully saturated rings. The second-order valence-corrected chi connectivity index (χ2v) is 2.40. The summed E-state index contributed by atoms with van der Waals surface area (Å²) in [6.45, 7) is 7.65. The molecule has 7 heavy (non-hydrogen) atoms. The van der Waals surface area contributed by atoms with Gasteiger partial charge in [-0.05, 0) is 24.2 Å². The van der Waals surface area contributed by atoms with Crippen LogP contribution in [0.4, 0.5) is 0 Å². The summed E-state index contributed by atoms with van der Waals surface area (Å²) in [6.07, 6.45) is 2.06. The highest BCUT2D eigenvalue weighted by atomic mass is 32.2. The summed E-state index contributed by atoms with van der Waals surface area (Å²) in [5, 5.41) is 1.83. The molecular weight excluding hydrogens is 104 g/mol. The van der Waals surface area contributed by atoms with E-state index < -0.39 is 0 Å². The van der Waals surface area contributed by atoms with Crippen LogP contribution < -0.4 is 0 Å². The molecule has 0 aromatic heterocycles. The molecular formula is C6H10S. The van der Waals surface area contributed by atoms with Gasteiger partial charge in [-0.2, -0.15) is 0 Å². The van der Waals surface area contributed by atoms with Crippen molar-refractivity contribution in [1.29, 1.82) is 0 Å². The smallest absolute Gasteiger partial charge is 0.0182 e. The lowest BCUT2D eigenvalue weighted by atomic mass is 10.6. The second kappa shape index (κ2) is 4.00. The number of thioether (sulfide) groups is 1. The molecule has 0 aromatic rings. The number of rotatable bonds is 2. The van der Waals surface area contributed by atoms with E-state index in [9.17, 15) is 0 Å². The lowest BCUT2D eigenvalue weighted by molar-refractivity contribution is 1.60. The fourth-order valence-corrected chi connectivity index (χ4v) is 0.598. The Morgan fingerprint density at radius 2 is 2.29 bits per heavy atom. The fourth-order valence-electron chi connectivity index (χ4n) is 0.199. The zero-order valence-electron chi connectivity index (χ0n) is 4.77. The molecule has 0 rings (SSSR count). The van der Waals surface area contributed by atoms with Gasteiger partial charge < -0.3 is 0 Å². The molecule has 0 radical (unpaired) electrons. The summed E-state index contributed by atoms with van der Waals surface area (Å²) in [5.41, 5.74) is 0. The highest BCUT2D eigenvalue weighted by molar-refractivity contribution is 8.05. The SMILES string of the molecule is C=CS/C(C)=C\C. The topological polar surface area (TPSA) is 0 Å². The summed E-state index contributed by atoms with van der Waals surface area (Å²) < 4.78 is 0. The van der Waals surface area contributed by atoms with E-state index in [4.69, 9.17) is 0 Å². The molecule has 0 aliphatic heterocycles. The van der Waals surface area contributed by atoms with Crippen molar-refractivity contribution in [2.24, 2.45) is 0 Å². The van der Waals surface area contributed by atoms with E-state index in [0.29, 0.717) is 0 Å². The highest BCUT2D eigenvalue weighted by Gasteiger charge is 1.76. The molecule has 0 bridgehead atoms. The van der Waals surface area contributed by atoms with Crippen LogP contribution in [0.15, 0.2) is 23.0 Å². The molecule has 0 amide bonds. The Labute approximate surface area is 49.3 Å². The molecule has 40 valence electrons. The van der Waals surface area contributed by atoms with E-state index in [1.165, 1.54) is 4.91 Å². The zero-order valence-corrected chi connectivity index (χ0v) is 5.59. The van der Waals surface area contributed by atoms with Crippen LogP contribution in [0.3, 0.4) is 0 Å². The van der Waals surface area contributed by atoms with Crippen molar-refractivity contribution in [3.05, 3.63) is 23.0 Å². The molecule has 1 heteroatoms. The summed E-state index contributed by atoms with van der Waals surface area (Å²) in [4.78, 5) is 1.30. The van der Waals surface area contributed by atoms with Crippen molar-refractivity contribution in [3.8, 4) is 0 Å². The maximum absolute atomic E-state index is 3.57. The van der Waals surface area contributed by atoms with Crippen LogP contribution in [0.5, 0.6) is 0 Å². The third-order valence-corrected chi connectivity index (χ3v) is 1.45. The minimum absolute atomic E-state index is 1.30. The van der Waals surface area contributed by atoms with Gasteiger partial charge >= 0.3 is 0 Å². The van der Waals surface area contributed by atoms with Gasteiger partial charge in [0.1, 0.15) is 0 Å². The third-order valence-electron chi connectivity index (χ3n) is 0.676. The first-order valence-electron chi connectivity index (χ1n) is 2.21. The first-order chi connectivity index (χ1) is 3.31. The number of allylic oxidation sites excluding steroid dienone is 2. The Morgan fingerprint density at radius 3 is 2.43 bits per heavy atom. The van der Waals surface area contributed by atoms with Crippen LogP contribution in [0.1, 0.15) is 13.8 Å². The highest BCUT2D eigenvalue weighted by Crippen LogP contribution is 2.13. The summed E-state index contributed by atoms with van der Waals surface area (Å²) in [5.74, 6) is 0. The van der Waals surface area contributed by atoms with Gasteiger partial charge in [-0.15, -0.1) is 11.8 Å². The first-order valence-corrected chi connectivity index (χ1v) is 3.09. The van der Waals surface area contributed by atoms with E-state index in [-0.39, 0.29) is 0 Å². The molecule has 0 atom stereocenters. The maximum Gasteiger partial charge on any atom is -0.0182 e. The lowest BCUT2D eigenvalue weighted by Gasteiger charge is -1.86. The minimum Gasteiger partial charge on any atom is -0.104 e. The van der Waals surface area contributed by atoms with Gasteiger partial charge in [0.25, 0.3) is 0 Å². The van der Waals surface area contributed by atoms with Gasteiger partial charge in [-0.1, -0.05) is 12.7 Å². The maximum atomic E-state index is 3.57. The van der Waals surface area contributed by atoms with Crippen LogP contribution in [-0.4, -0.2) is 0 Å². The van der Waals surface area contributed by atoms with Crippen molar-refractivity contribution in [1.82, 2.24) is 0 Å². The molecule has 0 saturated heterocycles. The summed E-state index contributed by atoms with van der Waals surface area (Å²) >= 11 is 1.66. The molecule has 0 spiro atoms. The third kappa shape index (κ3) is 3.67. The van der Waals surface area contributed by atoms with E-state index in [2.05, 4.69) is 19.6 Å². The van der Waals surface area contributed by atoms with Crippen molar-refractivity contribution >= 4 is 11.8 Å². The molecule has 0 heterocycles. The van der Waals surface area contributed by atoms with Gasteiger partial charge in [0.15, 0.2) is 0 Å².